The summed E-state index contributed by atoms with van der Waals surface area (Å²) in [5.74, 6) is -0.102. The lowest BCUT2D eigenvalue weighted by atomic mass is 10.2. The Kier molecular flexibility index (Phi) is 7.29. The topological polar surface area (TPSA) is 42.0 Å². The summed E-state index contributed by atoms with van der Waals surface area (Å²) in [6.45, 7) is 11.2. The zero-order valence-electron chi connectivity index (χ0n) is 15.9. The van der Waals surface area contributed by atoms with Gasteiger partial charge in [0.05, 0.1) is 11.1 Å². The van der Waals surface area contributed by atoms with Gasteiger partial charge >= 0.3 is 6.09 Å². The summed E-state index contributed by atoms with van der Waals surface area (Å²) < 4.78 is 25.4. The Balaban J connectivity index is 1.73. The highest BCUT2D eigenvalue weighted by atomic mass is 79.9. The van der Waals surface area contributed by atoms with Crippen LogP contribution < -0.4 is 4.74 Å². The highest BCUT2D eigenvalue weighted by molar-refractivity contribution is 9.10. The Hall–Kier alpha value is -1.34. The van der Waals surface area contributed by atoms with Gasteiger partial charge in [-0.05, 0) is 62.2 Å². The molecule has 1 fully saturated rings. The van der Waals surface area contributed by atoms with Crippen molar-refractivity contribution in [1.29, 1.82) is 0 Å². The zero-order chi connectivity index (χ0) is 19.3. The molecule has 0 unspecified atom stereocenters. The molecule has 0 bridgehead atoms. The van der Waals surface area contributed by atoms with E-state index in [4.69, 9.17) is 9.47 Å². The molecule has 1 aliphatic heterocycles. The summed E-state index contributed by atoms with van der Waals surface area (Å²) in [6, 6.07) is 4.88. The molecular formula is C19H28BrFN2O3. The molecule has 1 atom stereocenters. The van der Waals surface area contributed by atoms with E-state index in [2.05, 4.69) is 20.8 Å². The third kappa shape index (κ3) is 6.13. The number of carbonyl (C=O) groups excluding carboxylic acids is 1. The van der Waals surface area contributed by atoms with Crippen molar-refractivity contribution in [1.82, 2.24) is 9.80 Å². The van der Waals surface area contributed by atoms with E-state index in [0.717, 1.165) is 26.1 Å². The molecule has 0 aliphatic carbocycles. The summed E-state index contributed by atoms with van der Waals surface area (Å²) >= 11 is 3.30. The fourth-order valence-corrected chi connectivity index (χ4v) is 3.37. The van der Waals surface area contributed by atoms with E-state index in [1.807, 2.05) is 27.7 Å². The number of hydrogen-bond donors (Lipinski definition) is 0. The molecule has 1 aliphatic rings. The molecule has 5 nitrogen and oxygen atoms in total. The second-order valence-electron chi connectivity index (χ2n) is 7.58. The third-order valence-corrected chi connectivity index (χ3v) is 4.75. The van der Waals surface area contributed by atoms with Gasteiger partial charge in [-0.1, -0.05) is 6.07 Å². The zero-order valence-corrected chi connectivity index (χ0v) is 17.5. The molecule has 0 saturated carbocycles. The molecule has 0 spiro atoms. The lowest BCUT2D eigenvalue weighted by Crippen LogP contribution is -2.55. The van der Waals surface area contributed by atoms with Crippen molar-refractivity contribution < 1.29 is 18.7 Å². The second-order valence-corrected chi connectivity index (χ2v) is 8.43. The van der Waals surface area contributed by atoms with Crippen LogP contribution in [0.3, 0.4) is 0 Å². The van der Waals surface area contributed by atoms with Gasteiger partial charge in [0.1, 0.15) is 5.60 Å². The van der Waals surface area contributed by atoms with Crippen molar-refractivity contribution in [3.8, 4) is 5.75 Å². The molecule has 0 aromatic heterocycles. The summed E-state index contributed by atoms with van der Waals surface area (Å²) in [4.78, 5) is 16.3. The maximum atomic E-state index is 13.7. The SMILES string of the molecule is C[C@H]1CN(CCCOc2c(F)cccc2Br)CCN1C(=O)OC(C)(C)C. The lowest BCUT2D eigenvalue weighted by Gasteiger charge is -2.40. The van der Waals surface area contributed by atoms with E-state index in [1.165, 1.54) is 6.07 Å². The predicted molar refractivity (Wildman–Crippen MR) is 103 cm³/mol. The highest BCUT2D eigenvalue weighted by Crippen LogP contribution is 2.27. The number of benzene rings is 1. The van der Waals surface area contributed by atoms with Crippen LogP contribution in [-0.4, -0.2) is 60.3 Å². The van der Waals surface area contributed by atoms with E-state index < -0.39 is 5.60 Å². The molecule has 1 heterocycles. The van der Waals surface area contributed by atoms with Gasteiger partial charge in [0.2, 0.25) is 0 Å². The molecule has 2 rings (SSSR count). The Labute approximate surface area is 163 Å². The molecule has 1 amide bonds. The fourth-order valence-electron chi connectivity index (χ4n) is 2.91. The Morgan fingerprint density at radius 1 is 1.35 bits per heavy atom. The summed E-state index contributed by atoms with van der Waals surface area (Å²) in [7, 11) is 0. The standard InChI is InChI=1S/C19H28BrFN2O3/c1-14-13-22(10-11-23(14)18(24)26-19(2,3)4)9-6-12-25-17-15(20)7-5-8-16(17)21/h5,7-8,14H,6,9-13H2,1-4H3/t14-/m0/s1. The van der Waals surface area contributed by atoms with Gasteiger partial charge < -0.3 is 14.4 Å². The lowest BCUT2D eigenvalue weighted by molar-refractivity contribution is 0.00104. The van der Waals surface area contributed by atoms with Gasteiger partial charge in [-0.25, -0.2) is 9.18 Å². The number of piperazine rings is 1. The van der Waals surface area contributed by atoms with Crippen LogP contribution in [0.2, 0.25) is 0 Å². The maximum absolute atomic E-state index is 13.7. The molecular weight excluding hydrogens is 403 g/mol. The van der Waals surface area contributed by atoms with Crippen LogP contribution in [0.4, 0.5) is 9.18 Å². The fraction of sp³-hybridized carbons (Fsp3) is 0.632. The van der Waals surface area contributed by atoms with Crippen molar-refractivity contribution in [3.05, 3.63) is 28.5 Å². The van der Waals surface area contributed by atoms with Crippen molar-refractivity contribution in [2.24, 2.45) is 0 Å². The summed E-state index contributed by atoms with van der Waals surface area (Å²) in [6.07, 6.45) is 0.539. The first-order chi connectivity index (χ1) is 12.2. The van der Waals surface area contributed by atoms with Crippen LogP contribution in [0, 0.1) is 5.82 Å². The number of halogens is 2. The molecule has 1 saturated heterocycles. The van der Waals surface area contributed by atoms with Crippen molar-refractivity contribution in [2.45, 2.75) is 45.8 Å². The first kappa shape index (κ1) is 21.0. The van der Waals surface area contributed by atoms with Gasteiger partial charge in [-0.3, -0.25) is 4.90 Å². The first-order valence-electron chi connectivity index (χ1n) is 8.96. The first-order valence-corrected chi connectivity index (χ1v) is 9.75. The maximum Gasteiger partial charge on any atom is 0.410 e. The van der Waals surface area contributed by atoms with E-state index in [-0.39, 0.29) is 23.7 Å². The van der Waals surface area contributed by atoms with Crippen molar-refractivity contribution in [2.75, 3.05) is 32.8 Å². The van der Waals surface area contributed by atoms with E-state index >= 15 is 0 Å². The molecule has 0 N–H and O–H groups in total. The van der Waals surface area contributed by atoms with Crippen LogP contribution >= 0.6 is 15.9 Å². The van der Waals surface area contributed by atoms with Crippen LogP contribution in [-0.2, 0) is 4.74 Å². The molecule has 1 aromatic rings. The highest BCUT2D eigenvalue weighted by Gasteiger charge is 2.30. The largest absolute Gasteiger partial charge is 0.489 e. The number of amides is 1. The van der Waals surface area contributed by atoms with Gasteiger partial charge in [0.15, 0.2) is 11.6 Å². The monoisotopic (exact) mass is 430 g/mol. The van der Waals surface area contributed by atoms with Crippen molar-refractivity contribution in [3.63, 3.8) is 0 Å². The molecule has 0 radical (unpaired) electrons. The number of para-hydroxylation sites is 1. The number of ether oxygens (including phenoxy) is 2. The third-order valence-electron chi connectivity index (χ3n) is 4.12. The number of rotatable bonds is 5. The summed E-state index contributed by atoms with van der Waals surface area (Å²) in [5, 5.41) is 0. The van der Waals surface area contributed by atoms with Gasteiger partial charge in [0, 0.05) is 32.2 Å². The van der Waals surface area contributed by atoms with Crippen LogP contribution in [0.1, 0.15) is 34.1 Å². The van der Waals surface area contributed by atoms with Crippen LogP contribution in [0.25, 0.3) is 0 Å². The molecule has 26 heavy (non-hydrogen) atoms. The van der Waals surface area contributed by atoms with Gasteiger partial charge in [0.25, 0.3) is 0 Å². The summed E-state index contributed by atoms with van der Waals surface area (Å²) in [5.41, 5.74) is -0.480. The molecule has 146 valence electrons. The minimum atomic E-state index is -0.480. The van der Waals surface area contributed by atoms with E-state index in [1.54, 1.807) is 17.0 Å². The van der Waals surface area contributed by atoms with Crippen molar-refractivity contribution >= 4 is 22.0 Å². The minimum absolute atomic E-state index is 0.0974. The van der Waals surface area contributed by atoms with E-state index in [0.29, 0.717) is 17.6 Å². The van der Waals surface area contributed by atoms with Crippen LogP contribution in [0.5, 0.6) is 5.75 Å². The Bertz CT molecular complexity index is 601. The number of carbonyl (C=O) groups is 1. The van der Waals surface area contributed by atoms with Gasteiger partial charge in [-0.15, -0.1) is 0 Å². The average Bonchev–Trinajstić information content (AvgIpc) is 2.52. The van der Waals surface area contributed by atoms with Crippen LogP contribution in [0.15, 0.2) is 22.7 Å². The number of hydrogen-bond acceptors (Lipinski definition) is 4. The van der Waals surface area contributed by atoms with E-state index in [9.17, 15) is 9.18 Å². The average molecular weight is 431 g/mol. The quantitative estimate of drug-likeness (QED) is 0.653. The normalized spacial score (nSPS) is 18.7. The number of nitrogens with zero attached hydrogens (tertiary/aromatic N) is 2. The predicted octanol–water partition coefficient (Wildman–Crippen LogP) is 4.30. The molecule has 7 heteroatoms. The molecule has 1 aromatic carbocycles. The smallest absolute Gasteiger partial charge is 0.410 e. The minimum Gasteiger partial charge on any atom is -0.489 e. The van der Waals surface area contributed by atoms with Gasteiger partial charge in [-0.2, -0.15) is 0 Å². The second kappa shape index (κ2) is 9.04. The Morgan fingerprint density at radius 3 is 2.69 bits per heavy atom. The Morgan fingerprint density at radius 2 is 2.08 bits per heavy atom.